The number of aromatic hydroxyl groups is 2. The summed E-state index contributed by atoms with van der Waals surface area (Å²) >= 11 is 0. The summed E-state index contributed by atoms with van der Waals surface area (Å²) in [7, 11) is 0. The molecule has 0 spiro atoms. The molecule has 0 aliphatic carbocycles. The largest absolute Gasteiger partial charge is 0.508 e. The van der Waals surface area contributed by atoms with Crippen LogP contribution < -0.4 is 10.9 Å². The van der Waals surface area contributed by atoms with E-state index >= 15 is 0 Å². The molecule has 5 N–H and O–H groups in total. The van der Waals surface area contributed by atoms with Gasteiger partial charge in [0, 0.05) is 12.6 Å². The van der Waals surface area contributed by atoms with Crippen LogP contribution in [0.15, 0.2) is 36.4 Å². The normalized spacial score (nSPS) is 14.7. The Morgan fingerprint density at radius 3 is 2.33 bits per heavy atom. The molecule has 0 atom stereocenters. The van der Waals surface area contributed by atoms with Gasteiger partial charge in [0.25, 0.3) is 0 Å². The van der Waals surface area contributed by atoms with Crippen molar-refractivity contribution in [3.63, 3.8) is 0 Å². The van der Waals surface area contributed by atoms with Crippen LogP contribution >= 0.6 is 0 Å². The summed E-state index contributed by atoms with van der Waals surface area (Å²) in [5.74, 6) is 6.04. The van der Waals surface area contributed by atoms with E-state index in [1.54, 1.807) is 6.07 Å². The van der Waals surface area contributed by atoms with Crippen LogP contribution in [0.4, 0.5) is 5.69 Å². The standard InChI is InChI=1S/C21H28N4O2/c1-14(2)17-11-18(20(27)12-19(17)26)21(22)25(23)16-7-5-15(6-8-16)13-24-9-3-4-10-24/h5-8,11-12,14,22,26-27H,3-4,9-10,13,23H2,1-2H3. The molecule has 0 radical (unpaired) electrons. The molecule has 144 valence electrons. The van der Waals surface area contributed by atoms with Gasteiger partial charge in [-0.05, 0) is 61.2 Å². The van der Waals surface area contributed by atoms with E-state index in [1.807, 2.05) is 38.1 Å². The lowest BCUT2D eigenvalue weighted by Gasteiger charge is -2.22. The van der Waals surface area contributed by atoms with Crippen LogP contribution in [-0.4, -0.2) is 34.0 Å². The van der Waals surface area contributed by atoms with Gasteiger partial charge in [0.15, 0.2) is 5.84 Å². The topological polar surface area (TPSA) is 96.8 Å². The van der Waals surface area contributed by atoms with Crippen molar-refractivity contribution >= 4 is 11.5 Å². The first kappa shape index (κ1) is 19.2. The number of nitrogens with two attached hydrogens (primary N) is 1. The Hall–Kier alpha value is -2.57. The summed E-state index contributed by atoms with van der Waals surface area (Å²) in [5.41, 5.74) is 2.85. The van der Waals surface area contributed by atoms with Crippen LogP contribution in [0, 0.1) is 5.41 Å². The summed E-state index contributed by atoms with van der Waals surface area (Å²) in [4.78, 5) is 2.43. The van der Waals surface area contributed by atoms with Crippen molar-refractivity contribution in [1.82, 2.24) is 4.90 Å². The molecule has 6 nitrogen and oxygen atoms in total. The molecule has 0 aromatic heterocycles. The molecule has 2 aromatic rings. The van der Waals surface area contributed by atoms with Crippen molar-refractivity contribution in [2.24, 2.45) is 5.84 Å². The molecule has 2 aromatic carbocycles. The Morgan fingerprint density at radius 2 is 1.74 bits per heavy atom. The van der Waals surface area contributed by atoms with Crippen LogP contribution in [-0.2, 0) is 6.54 Å². The molecule has 1 heterocycles. The second kappa shape index (κ2) is 7.98. The van der Waals surface area contributed by atoms with Crippen LogP contribution in [0.5, 0.6) is 11.5 Å². The van der Waals surface area contributed by atoms with Gasteiger partial charge in [-0.15, -0.1) is 0 Å². The Kier molecular flexibility index (Phi) is 5.68. The summed E-state index contributed by atoms with van der Waals surface area (Å²) < 4.78 is 0. The molecule has 1 aliphatic heterocycles. The van der Waals surface area contributed by atoms with Crippen molar-refractivity contribution in [3.05, 3.63) is 53.1 Å². The highest BCUT2D eigenvalue weighted by Crippen LogP contribution is 2.33. The van der Waals surface area contributed by atoms with E-state index < -0.39 is 0 Å². The zero-order chi connectivity index (χ0) is 19.6. The molecule has 1 fully saturated rings. The van der Waals surface area contributed by atoms with Gasteiger partial charge in [-0.2, -0.15) is 0 Å². The lowest BCUT2D eigenvalue weighted by atomic mass is 9.98. The maximum atomic E-state index is 10.2. The van der Waals surface area contributed by atoms with Gasteiger partial charge in [0.2, 0.25) is 0 Å². The number of hydrogen-bond acceptors (Lipinski definition) is 5. The summed E-state index contributed by atoms with van der Waals surface area (Å²) in [5, 5.41) is 29.8. The van der Waals surface area contributed by atoms with Crippen LogP contribution in [0.1, 0.15) is 49.3 Å². The van der Waals surface area contributed by atoms with Gasteiger partial charge in [-0.3, -0.25) is 15.3 Å². The zero-order valence-electron chi connectivity index (χ0n) is 15.9. The molecule has 3 rings (SSSR count). The molecule has 0 amide bonds. The first-order chi connectivity index (χ1) is 12.9. The number of amidine groups is 1. The molecular formula is C21H28N4O2. The van der Waals surface area contributed by atoms with Crippen molar-refractivity contribution < 1.29 is 10.2 Å². The number of rotatable bonds is 5. The number of likely N-dealkylation sites (tertiary alicyclic amines) is 1. The van der Waals surface area contributed by atoms with Crippen molar-refractivity contribution in [3.8, 4) is 11.5 Å². The summed E-state index contributed by atoms with van der Waals surface area (Å²) in [6.07, 6.45) is 2.53. The molecule has 1 saturated heterocycles. The highest BCUT2D eigenvalue weighted by Gasteiger charge is 2.19. The van der Waals surface area contributed by atoms with Crippen molar-refractivity contribution in [2.75, 3.05) is 18.1 Å². The van der Waals surface area contributed by atoms with E-state index in [4.69, 9.17) is 11.3 Å². The molecule has 27 heavy (non-hydrogen) atoms. The first-order valence-corrected chi connectivity index (χ1v) is 9.37. The second-order valence-corrected chi connectivity index (χ2v) is 7.45. The number of nitrogens with one attached hydrogen (secondary N) is 1. The third kappa shape index (κ3) is 4.23. The van der Waals surface area contributed by atoms with E-state index in [2.05, 4.69) is 4.90 Å². The minimum absolute atomic E-state index is 0.0221. The van der Waals surface area contributed by atoms with Gasteiger partial charge in [-0.1, -0.05) is 26.0 Å². The maximum absolute atomic E-state index is 10.2. The molecule has 0 saturated carbocycles. The van der Waals surface area contributed by atoms with Gasteiger partial charge < -0.3 is 10.2 Å². The monoisotopic (exact) mass is 368 g/mol. The van der Waals surface area contributed by atoms with E-state index in [9.17, 15) is 10.2 Å². The zero-order valence-corrected chi connectivity index (χ0v) is 15.9. The van der Waals surface area contributed by atoms with Gasteiger partial charge in [0.1, 0.15) is 11.5 Å². The number of anilines is 1. The first-order valence-electron chi connectivity index (χ1n) is 9.37. The van der Waals surface area contributed by atoms with Gasteiger partial charge >= 0.3 is 0 Å². The highest BCUT2D eigenvalue weighted by molar-refractivity contribution is 6.09. The number of benzene rings is 2. The fraction of sp³-hybridized carbons (Fsp3) is 0.381. The van der Waals surface area contributed by atoms with Crippen molar-refractivity contribution in [1.29, 1.82) is 5.41 Å². The number of phenolic OH excluding ortho intramolecular Hbond substituents is 2. The Labute approximate surface area is 160 Å². The van der Waals surface area contributed by atoms with Crippen LogP contribution in [0.3, 0.4) is 0 Å². The Balaban J connectivity index is 1.78. The van der Waals surface area contributed by atoms with E-state index in [1.165, 1.54) is 29.5 Å². The fourth-order valence-electron chi connectivity index (χ4n) is 3.47. The van der Waals surface area contributed by atoms with Gasteiger partial charge in [0.05, 0.1) is 11.3 Å². The van der Waals surface area contributed by atoms with Crippen LogP contribution in [0.25, 0.3) is 0 Å². The third-order valence-electron chi connectivity index (χ3n) is 5.08. The lowest BCUT2D eigenvalue weighted by Crippen LogP contribution is -2.37. The maximum Gasteiger partial charge on any atom is 0.150 e. The number of hydrogen-bond donors (Lipinski definition) is 4. The lowest BCUT2D eigenvalue weighted by molar-refractivity contribution is 0.331. The average molecular weight is 368 g/mol. The smallest absolute Gasteiger partial charge is 0.150 e. The molecule has 0 bridgehead atoms. The second-order valence-electron chi connectivity index (χ2n) is 7.45. The SMILES string of the molecule is CC(C)c1cc(C(=N)N(N)c2ccc(CN3CCCC3)cc2)c(O)cc1O. The summed E-state index contributed by atoms with van der Waals surface area (Å²) in [6, 6.07) is 10.7. The van der Waals surface area contributed by atoms with Crippen LogP contribution in [0.2, 0.25) is 0 Å². The predicted octanol–water partition coefficient (Wildman–Crippen LogP) is 3.52. The van der Waals surface area contributed by atoms with Gasteiger partial charge in [-0.25, -0.2) is 5.84 Å². The third-order valence-corrected chi connectivity index (χ3v) is 5.08. The minimum Gasteiger partial charge on any atom is -0.508 e. The summed E-state index contributed by atoms with van der Waals surface area (Å²) in [6.45, 7) is 7.11. The molecule has 1 aliphatic rings. The molecule has 0 unspecified atom stereocenters. The van der Waals surface area contributed by atoms with Crippen molar-refractivity contribution in [2.45, 2.75) is 39.2 Å². The minimum atomic E-state index is -0.164. The fourth-order valence-corrected chi connectivity index (χ4v) is 3.47. The van der Waals surface area contributed by atoms with E-state index in [-0.39, 0.29) is 23.3 Å². The van der Waals surface area contributed by atoms with E-state index in [0.717, 1.165) is 19.6 Å². The van der Waals surface area contributed by atoms with E-state index in [0.29, 0.717) is 16.8 Å². The molecule has 6 heteroatoms. The number of hydrazine groups is 1. The Morgan fingerprint density at radius 1 is 1.11 bits per heavy atom. The number of nitrogens with zero attached hydrogens (tertiary/aromatic N) is 2. The average Bonchev–Trinajstić information content (AvgIpc) is 3.14. The Bertz CT molecular complexity index is 812. The quantitative estimate of drug-likeness (QED) is 0.280. The number of phenols is 2. The highest BCUT2D eigenvalue weighted by atomic mass is 16.3. The molecular weight excluding hydrogens is 340 g/mol. The predicted molar refractivity (Wildman–Crippen MR) is 108 cm³/mol.